The van der Waals surface area contributed by atoms with E-state index in [0.29, 0.717) is 18.5 Å². The summed E-state index contributed by atoms with van der Waals surface area (Å²) >= 11 is 0. The summed E-state index contributed by atoms with van der Waals surface area (Å²) in [5, 5.41) is 2.88. The summed E-state index contributed by atoms with van der Waals surface area (Å²) in [5.41, 5.74) is 3.25. The zero-order valence-electron chi connectivity index (χ0n) is 13.7. The summed E-state index contributed by atoms with van der Waals surface area (Å²) in [6, 6.07) is 14.0. The highest BCUT2D eigenvalue weighted by molar-refractivity contribution is 5.76. The molecule has 0 unspecified atom stereocenters. The van der Waals surface area contributed by atoms with Crippen LogP contribution in [0.5, 0.6) is 0 Å². The van der Waals surface area contributed by atoms with E-state index in [1.165, 1.54) is 6.07 Å². The fourth-order valence-electron chi connectivity index (χ4n) is 2.58. The van der Waals surface area contributed by atoms with Gasteiger partial charge in [0, 0.05) is 37.1 Å². The van der Waals surface area contributed by atoms with Crippen molar-refractivity contribution in [2.75, 3.05) is 0 Å². The molecule has 0 aliphatic rings. The minimum atomic E-state index is -0.275. The highest BCUT2D eigenvalue weighted by Crippen LogP contribution is 2.20. The molecule has 126 valence electrons. The number of nitrogens with zero attached hydrogens (tertiary/aromatic N) is 2. The van der Waals surface area contributed by atoms with Gasteiger partial charge in [0.05, 0.1) is 5.69 Å². The van der Waals surface area contributed by atoms with Gasteiger partial charge in [-0.15, -0.1) is 0 Å². The van der Waals surface area contributed by atoms with Crippen molar-refractivity contribution in [3.05, 3.63) is 84.1 Å². The highest BCUT2D eigenvalue weighted by atomic mass is 19.1. The Morgan fingerprint density at radius 2 is 1.72 bits per heavy atom. The second-order valence-corrected chi connectivity index (χ2v) is 5.62. The fourth-order valence-corrected chi connectivity index (χ4v) is 2.58. The average Bonchev–Trinajstić information content (AvgIpc) is 2.66. The molecular weight excluding hydrogens is 317 g/mol. The van der Waals surface area contributed by atoms with Crippen LogP contribution >= 0.6 is 0 Å². The van der Waals surface area contributed by atoms with Crippen molar-refractivity contribution in [1.29, 1.82) is 0 Å². The molecule has 0 radical (unpaired) electrons. The standard InChI is InChI=1S/C20H18FN3O/c21-18-6-2-1-4-15(18)7-8-19(25)24-14-17-5-3-11-23-20(17)16-9-12-22-13-10-16/h1-6,9-13H,7-8,14H2,(H,24,25). The first kappa shape index (κ1) is 16.8. The van der Waals surface area contributed by atoms with Crippen molar-refractivity contribution in [1.82, 2.24) is 15.3 Å². The predicted octanol–water partition coefficient (Wildman–Crippen LogP) is 3.53. The van der Waals surface area contributed by atoms with Gasteiger partial charge in [0.2, 0.25) is 5.91 Å². The first-order valence-electron chi connectivity index (χ1n) is 8.08. The number of hydrogen-bond donors (Lipinski definition) is 1. The number of benzene rings is 1. The van der Waals surface area contributed by atoms with Gasteiger partial charge in [0.1, 0.15) is 5.82 Å². The molecule has 0 atom stereocenters. The molecule has 1 aromatic carbocycles. The van der Waals surface area contributed by atoms with E-state index in [1.54, 1.807) is 36.8 Å². The smallest absolute Gasteiger partial charge is 0.220 e. The van der Waals surface area contributed by atoms with Crippen LogP contribution in [0, 0.1) is 5.82 Å². The maximum atomic E-state index is 13.6. The summed E-state index contributed by atoms with van der Waals surface area (Å²) < 4.78 is 13.6. The Bertz CT molecular complexity index is 852. The van der Waals surface area contributed by atoms with Crippen LogP contribution < -0.4 is 5.32 Å². The lowest BCUT2D eigenvalue weighted by atomic mass is 10.1. The minimum Gasteiger partial charge on any atom is -0.352 e. The van der Waals surface area contributed by atoms with E-state index in [2.05, 4.69) is 15.3 Å². The Labute approximate surface area is 145 Å². The van der Waals surface area contributed by atoms with Crippen molar-refractivity contribution >= 4 is 5.91 Å². The lowest BCUT2D eigenvalue weighted by molar-refractivity contribution is -0.121. The van der Waals surface area contributed by atoms with E-state index in [9.17, 15) is 9.18 Å². The topological polar surface area (TPSA) is 54.9 Å². The molecule has 0 aliphatic carbocycles. The highest BCUT2D eigenvalue weighted by Gasteiger charge is 2.09. The Kier molecular flexibility index (Phi) is 5.46. The van der Waals surface area contributed by atoms with E-state index < -0.39 is 0 Å². The minimum absolute atomic E-state index is 0.118. The molecule has 0 saturated heterocycles. The van der Waals surface area contributed by atoms with Crippen LogP contribution in [-0.2, 0) is 17.8 Å². The SMILES string of the molecule is O=C(CCc1ccccc1F)NCc1cccnc1-c1ccncc1. The van der Waals surface area contributed by atoms with E-state index in [0.717, 1.165) is 16.8 Å². The summed E-state index contributed by atoms with van der Waals surface area (Å²) in [6.07, 6.45) is 5.76. The molecule has 2 aromatic heterocycles. The molecule has 5 heteroatoms. The van der Waals surface area contributed by atoms with E-state index in [1.807, 2.05) is 24.3 Å². The Morgan fingerprint density at radius 3 is 2.52 bits per heavy atom. The lowest BCUT2D eigenvalue weighted by Crippen LogP contribution is -2.23. The van der Waals surface area contributed by atoms with Gasteiger partial charge >= 0.3 is 0 Å². The number of aromatic nitrogens is 2. The number of carbonyl (C=O) groups is 1. The van der Waals surface area contributed by atoms with Crippen LogP contribution in [0.3, 0.4) is 0 Å². The number of aryl methyl sites for hydroxylation is 1. The molecule has 4 nitrogen and oxygen atoms in total. The van der Waals surface area contributed by atoms with E-state index in [-0.39, 0.29) is 18.1 Å². The van der Waals surface area contributed by atoms with E-state index in [4.69, 9.17) is 0 Å². The molecule has 1 amide bonds. The van der Waals surface area contributed by atoms with Gasteiger partial charge in [-0.3, -0.25) is 14.8 Å². The summed E-state index contributed by atoms with van der Waals surface area (Å²) in [5.74, 6) is -0.393. The Balaban J connectivity index is 1.60. The summed E-state index contributed by atoms with van der Waals surface area (Å²) in [4.78, 5) is 20.5. The van der Waals surface area contributed by atoms with Gasteiger partial charge in [-0.05, 0) is 41.8 Å². The van der Waals surface area contributed by atoms with Gasteiger partial charge in [0.25, 0.3) is 0 Å². The second-order valence-electron chi connectivity index (χ2n) is 5.62. The third-order valence-corrected chi connectivity index (χ3v) is 3.90. The predicted molar refractivity (Wildman–Crippen MR) is 94.0 cm³/mol. The van der Waals surface area contributed by atoms with Crippen molar-refractivity contribution < 1.29 is 9.18 Å². The Hall–Kier alpha value is -3.08. The van der Waals surface area contributed by atoms with Gasteiger partial charge in [-0.25, -0.2) is 4.39 Å². The first-order chi connectivity index (χ1) is 12.2. The molecule has 0 fully saturated rings. The monoisotopic (exact) mass is 335 g/mol. The molecule has 0 bridgehead atoms. The molecule has 2 heterocycles. The summed E-state index contributed by atoms with van der Waals surface area (Å²) in [7, 11) is 0. The molecule has 0 saturated carbocycles. The molecule has 0 spiro atoms. The van der Waals surface area contributed by atoms with Crippen LogP contribution in [0.25, 0.3) is 11.3 Å². The molecule has 1 N–H and O–H groups in total. The van der Waals surface area contributed by atoms with Gasteiger partial charge < -0.3 is 5.32 Å². The number of rotatable bonds is 6. The van der Waals surface area contributed by atoms with Gasteiger partial charge in [-0.2, -0.15) is 0 Å². The zero-order valence-corrected chi connectivity index (χ0v) is 13.7. The largest absolute Gasteiger partial charge is 0.352 e. The fraction of sp³-hybridized carbons (Fsp3) is 0.150. The van der Waals surface area contributed by atoms with Crippen LogP contribution in [0.4, 0.5) is 4.39 Å². The number of hydrogen-bond acceptors (Lipinski definition) is 3. The van der Waals surface area contributed by atoms with Crippen LogP contribution in [0.1, 0.15) is 17.5 Å². The normalized spacial score (nSPS) is 10.4. The molecule has 0 aliphatic heterocycles. The Morgan fingerprint density at radius 1 is 0.960 bits per heavy atom. The number of nitrogens with one attached hydrogen (secondary N) is 1. The van der Waals surface area contributed by atoms with Crippen molar-refractivity contribution in [3.8, 4) is 11.3 Å². The average molecular weight is 335 g/mol. The van der Waals surface area contributed by atoms with Crippen molar-refractivity contribution in [2.45, 2.75) is 19.4 Å². The molecule has 25 heavy (non-hydrogen) atoms. The van der Waals surface area contributed by atoms with Gasteiger partial charge in [-0.1, -0.05) is 24.3 Å². The van der Waals surface area contributed by atoms with Crippen LogP contribution in [0.2, 0.25) is 0 Å². The first-order valence-corrected chi connectivity index (χ1v) is 8.08. The molecule has 3 rings (SSSR count). The number of pyridine rings is 2. The third kappa shape index (κ3) is 4.47. The second kappa shape index (κ2) is 8.15. The van der Waals surface area contributed by atoms with E-state index >= 15 is 0 Å². The van der Waals surface area contributed by atoms with Crippen LogP contribution in [-0.4, -0.2) is 15.9 Å². The van der Waals surface area contributed by atoms with Crippen molar-refractivity contribution in [2.24, 2.45) is 0 Å². The van der Waals surface area contributed by atoms with Gasteiger partial charge in [0.15, 0.2) is 0 Å². The zero-order chi connectivity index (χ0) is 17.5. The number of amides is 1. The molecular formula is C20H18FN3O. The maximum absolute atomic E-state index is 13.6. The van der Waals surface area contributed by atoms with Crippen LogP contribution in [0.15, 0.2) is 67.1 Å². The third-order valence-electron chi connectivity index (χ3n) is 3.90. The number of carbonyl (C=O) groups excluding carboxylic acids is 1. The summed E-state index contributed by atoms with van der Waals surface area (Å²) in [6.45, 7) is 0.377. The lowest BCUT2D eigenvalue weighted by Gasteiger charge is -2.10. The molecule has 3 aromatic rings. The van der Waals surface area contributed by atoms with Crippen molar-refractivity contribution in [3.63, 3.8) is 0 Å². The maximum Gasteiger partial charge on any atom is 0.220 e. The number of halogens is 1. The quantitative estimate of drug-likeness (QED) is 0.750.